The van der Waals surface area contributed by atoms with Crippen LogP contribution in [0.4, 0.5) is 0 Å². The first kappa shape index (κ1) is 27.2. The van der Waals surface area contributed by atoms with Crippen molar-refractivity contribution in [3.05, 3.63) is 29.8 Å². The van der Waals surface area contributed by atoms with E-state index in [4.69, 9.17) is 9.84 Å². The van der Waals surface area contributed by atoms with E-state index in [0.717, 1.165) is 18.8 Å². The van der Waals surface area contributed by atoms with Crippen molar-refractivity contribution in [2.24, 2.45) is 0 Å². The molecule has 31 heavy (non-hydrogen) atoms. The summed E-state index contributed by atoms with van der Waals surface area (Å²) in [5.41, 5.74) is 0.524. The van der Waals surface area contributed by atoms with E-state index >= 15 is 0 Å². The highest BCUT2D eigenvalue weighted by atomic mass is 16.5. The Morgan fingerprint density at radius 2 is 1.19 bits per heavy atom. The Kier molecular flexibility index (Phi) is 17.7. The fraction of sp³-hybridized carbons (Fsp3) is 0.679. The molecule has 1 rings (SSSR count). The summed E-state index contributed by atoms with van der Waals surface area (Å²) in [7, 11) is 0. The van der Waals surface area contributed by atoms with Gasteiger partial charge in [-0.25, -0.2) is 0 Å². The zero-order valence-electron chi connectivity index (χ0n) is 19.8. The maximum Gasteiger partial charge on any atom is 0.235 e. The normalized spacial score (nSPS) is 10.5. The predicted molar refractivity (Wildman–Crippen MR) is 131 cm³/mol. The second kappa shape index (κ2) is 20.1. The smallest absolute Gasteiger partial charge is 0.235 e. The molecule has 0 aliphatic heterocycles. The number of rotatable bonds is 19. The fourth-order valence-corrected chi connectivity index (χ4v) is 3.73. The molecule has 0 atom stereocenters. The summed E-state index contributed by atoms with van der Waals surface area (Å²) >= 11 is 0. The molecule has 0 unspecified atom stereocenters. The number of carbonyl (C=O) groups excluding carboxylic acids is 1. The van der Waals surface area contributed by atoms with Gasteiger partial charge in [-0.05, 0) is 36.6 Å². The van der Waals surface area contributed by atoms with Crippen molar-refractivity contribution in [3.63, 3.8) is 0 Å². The lowest BCUT2D eigenvalue weighted by atomic mass is 10.0. The summed E-state index contributed by atoms with van der Waals surface area (Å²) in [6.07, 6.45) is 21.9. The molecule has 0 aliphatic rings. The Morgan fingerprint density at radius 3 is 1.65 bits per heavy atom. The van der Waals surface area contributed by atoms with Gasteiger partial charge in [0.25, 0.3) is 0 Å². The summed E-state index contributed by atoms with van der Waals surface area (Å²) in [4.78, 5) is 11.7. The monoisotopic (exact) mass is 428 g/mol. The van der Waals surface area contributed by atoms with Crippen LogP contribution in [-0.4, -0.2) is 24.1 Å². The van der Waals surface area contributed by atoms with Crippen LogP contribution >= 0.6 is 0 Å². The highest BCUT2D eigenvalue weighted by molar-refractivity contribution is 6.09. The van der Waals surface area contributed by atoms with Crippen molar-refractivity contribution < 1.29 is 14.6 Å². The summed E-state index contributed by atoms with van der Waals surface area (Å²) in [6, 6.07) is 7.05. The Morgan fingerprint density at radius 1 is 0.742 bits per heavy atom. The van der Waals surface area contributed by atoms with Crippen molar-refractivity contribution in [1.82, 2.24) is 0 Å². The Labute approximate surface area is 191 Å². The molecular weight excluding hydrogens is 384 g/mol. The number of ether oxygens (including phenoxy) is 1. The van der Waals surface area contributed by atoms with Crippen molar-refractivity contribution in [1.29, 1.82) is 0 Å². The molecule has 3 heteroatoms. The number of benzene rings is 1. The molecule has 174 valence electrons. The average molecular weight is 429 g/mol. The van der Waals surface area contributed by atoms with Gasteiger partial charge in [0.1, 0.15) is 12.4 Å². The van der Waals surface area contributed by atoms with E-state index in [1.165, 1.54) is 96.3 Å². The number of Topliss-reactive ketones (excluding diaryl/α,β-unsaturated/α-hetero) is 1. The molecular formula is C28H44O3. The maximum absolute atomic E-state index is 11.7. The molecule has 1 N–H and O–H groups in total. The van der Waals surface area contributed by atoms with Gasteiger partial charge in [0.2, 0.25) is 5.78 Å². The van der Waals surface area contributed by atoms with Gasteiger partial charge in [-0.1, -0.05) is 109 Å². The van der Waals surface area contributed by atoms with E-state index in [0.29, 0.717) is 5.56 Å². The second-order valence-electron chi connectivity index (χ2n) is 8.47. The molecule has 0 saturated carbocycles. The van der Waals surface area contributed by atoms with Crippen molar-refractivity contribution in [2.45, 2.75) is 110 Å². The third kappa shape index (κ3) is 15.6. The van der Waals surface area contributed by atoms with Crippen molar-refractivity contribution >= 4 is 5.78 Å². The molecule has 0 aliphatic carbocycles. The quantitative estimate of drug-likeness (QED) is 0.107. The van der Waals surface area contributed by atoms with Crippen LogP contribution in [0.3, 0.4) is 0 Å². The van der Waals surface area contributed by atoms with Gasteiger partial charge in [-0.15, -0.1) is 0 Å². The van der Waals surface area contributed by atoms with Crippen LogP contribution in [0, 0.1) is 11.8 Å². The number of aliphatic hydroxyl groups excluding tert-OH is 1. The number of hydrogen-bond donors (Lipinski definition) is 1. The van der Waals surface area contributed by atoms with Gasteiger partial charge in [-0.2, -0.15) is 0 Å². The number of ketones is 1. The van der Waals surface area contributed by atoms with Gasteiger partial charge in [-0.3, -0.25) is 4.79 Å². The molecule has 0 bridgehead atoms. The molecule has 0 amide bonds. The SMILES string of the molecule is CCCCCCCCCCCCCCCCCCOc1ccc(C(=O)C#CCO)cc1. The van der Waals surface area contributed by atoms with Crippen LogP contribution in [0.25, 0.3) is 0 Å². The van der Waals surface area contributed by atoms with Crippen LogP contribution in [0.1, 0.15) is 120 Å². The minimum absolute atomic E-state index is 0.279. The summed E-state index contributed by atoms with van der Waals surface area (Å²) in [6.45, 7) is 2.70. The number of aliphatic hydroxyl groups is 1. The standard InChI is InChI=1S/C28H44O3/c1-2-3-4-5-6-7-8-9-10-11-12-13-14-15-16-17-25-31-27-22-20-26(21-23-27)28(30)19-18-24-29/h20-23,29H,2-17,24-25H2,1H3. The molecule has 0 spiro atoms. The Bertz CT molecular complexity index is 609. The van der Waals surface area contributed by atoms with E-state index in [-0.39, 0.29) is 12.4 Å². The van der Waals surface area contributed by atoms with Crippen molar-refractivity contribution in [2.75, 3.05) is 13.2 Å². The second-order valence-corrected chi connectivity index (χ2v) is 8.47. The minimum atomic E-state index is -0.299. The van der Waals surface area contributed by atoms with Crippen LogP contribution in [-0.2, 0) is 0 Å². The zero-order valence-corrected chi connectivity index (χ0v) is 19.8. The minimum Gasteiger partial charge on any atom is -0.494 e. The van der Waals surface area contributed by atoms with Crippen LogP contribution in [0.2, 0.25) is 0 Å². The summed E-state index contributed by atoms with van der Waals surface area (Å²) in [5.74, 6) is 5.27. The highest BCUT2D eigenvalue weighted by Crippen LogP contribution is 2.15. The molecule has 3 nitrogen and oxygen atoms in total. The number of hydrogen-bond acceptors (Lipinski definition) is 3. The molecule has 1 aromatic carbocycles. The highest BCUT2D eigenvalue weighted by Gasteiger charge is 2.02. The summed E-state index contributed by atoms with van der Waals surface area (Å²) in [5, 5.41) is 8.64. The van der Waals surface area contributed by atoms with Crippen LogP contribution < -0.4 is 4.74 Å². The molecule has 1 aromatic rings. The first-order chi connectivity index (χ1) is 15.3. The molecule has 0 saturated heterocycles. The molecule has 0 aromatic heterocycles. The largest absolute Gasteiger partial charge is 0.494 e. The maximum atomic E-state index is 11.7. The third-order valence-corrected chi connectivity index (χ3v) is 5.66. The van der Waals surface area contributed by atoms with E-state index in [2.05, 4.69) is 18.8 Å². The van der Waals surface area contributed by atoms with Gasteiger partial charge in [0.15, 0.2) is 0 Å². The summed E-state index contributed by atoms with van der Waals surface area (Å²) < 4.78 is 5.75. The van der Waals surface area contributed by atoms with E-state index in [9.17, 15) is 4.79 Å². The lowest BCUT2D eigenvalue weighted by molar-refractivity contribution is 0.105. The lowest BCUT2D eigenvalue weighted by Crippen LogP contribution is -1.99. The average Bonchev–Trinajstić information content (AvgIpc) is 2.80. The van der Waals surface area contributed by atoms with Gasteiger partial charge >= 0.3 is 0 Å². The molecule has 0 heterocycles. The zero-order chi connectivity index (χ0) is 22.4. The van der Waals surface area contributed by atoms with Crippen molar-refractivity contribution in [3.8, 4) is 17.6 Å². The molecule has 0 radical (unpaired) electrons. The molecule has 0 fully saturated rings. The fourth-order valence-electron chi connectivity index (χ4n) is 3.73. The first-order valence-corrected chi connectivity index (χ1v) is 12.6. The Hall–Kier alpha value is -1.79. The number of unbranched alkanes of at least 4 members (excludes halogenated alkanes) is 15. The first-order valence-electron chi connectivity index (χ1n) is 12.6. The lowest BCUT2D eigenvalue weighted by Gasteiger charge is -2.06. The van der Waals surface area contributed by atoms with E-state index in [1.807, 2.05) is 0 Å². The van der Waals surface area contributed by atoms with E-state index in [1.54, 1.807) is 24.3 Å². The van der Waals surface area contributed by atoms with Crippen LogP contribution in [0.5, 0.6) is 5.75 Å². The topological polar surface area (TPSA) is 46.5 Å². The number of carbonyl (C=O) groups is 1. The predicted octanol–water partition coefficient (Wildman–Crippen LogP) is 7.51. The Balaban J connectivity index is 1.88. The third-order valence-electron chi connectivity index (χ3n) is 5.66. The van der Waals surface area contributed by atoms with Gasteiger partial charge in [0, 0.05) is 5.56 Å². The van der Waals surface area contributed by atoms with Crippen LogP contribution in [0.15, 0.2) is 24.3 Å². The van der Waals surface area contributed by atoms with Gasteiger partial charge < -0.3 is 9.84 Å². The van der Waals surface area contributed by atoms with Gasteiger partial charge in [0.05, 0.1) is 6.61 Å². The van der Waals surface area contributed by atoms with E-state index < -0.39 is 0 Å².